The van der Waals surface area contributed by atoms with Crippen LogP contribution in [0.1, 0.15) is 24.6 Å². The Morgan fingerprint density at radius 3 is 2.66 bits per heavy atom. The van der Waals surface area contributed by atoms with Crippen LogP contribution in [-0.2, 0) is 28.3 Å². The predicted molar refractivity (Wildman–Crippen MR) is 127 cm³/mol. The van der Waals surface area contributed by atoms with E-state index in [1.165, 1.54) is 13.2 Å². The summed E-state index contributed by atoms with van der Waals surface area (Å²) in [6.07, 6.45) is 7.18. The molecule has 0 aliphatic carbocycles. The zero-order valence-electron chi connectivity index (χ0n) is 18.3. The number of rotatable bonds is 5. The van der Waals surface area contributed by atoms with E-state index in [1.54, 1.807) is 39.5 Å². The van der Waals surface area contributed by atoms with Gasteiger partial charge in [-0.1, -0.05) is 0 Å². The lowest BCUT2D eigenvalue weighted by atomic mass is 9.94. The number of thiophene rings is 1. The minimum Gasteiger partial charge on any atom is -0.317 e. The number of sulfonamides is 1. The van der Waals surface area contributed by atoms with Crippen LogP contribution in [0.2, 0.25) is 0 Å². The van der Waals surface area contributed by atoms with Crippen molar-refractivity contribution in [2.75, 3.05) is 24.7 Å². The highest BCUT2D eigenvalue weighted by Gasteiger charge is 2.25. The molecular formula is C22H26N4O4S2. The van der Waals surface area contributed by atoms with Crippen LogP contribution in [-0.4, -0.2) is 47.5 Å². The fourth-order valence-corrected chi connectivity index (χ4v) is 6.35. The van der Waals surface area contributed by atoms with Gasteiger partial charge in [0, 0.05) is 54.6 Å². The van der Waals surface area contributed by atoms with Crippen LogP contribution in [0, 0.1) is 5.92 Å². The fraction of sp³-hybridized carbons (Fsp3) is 0.409. The molecule has 170 valence electrons. The molecule has 1 saturated heterocycles. The summed E-state index contributed by atoms with van der Waals surface area (Å²) in [5.74, 6) is 0.660. The Kier molecular flexibility index (Phi) is 6.19. The maximum absolute atomic E-state index is 12.8. The number of hydrogen-bond acceptors (Lipinski definition) is 6. The number of aromatic nitrogens is 2. The molecule has 4 rings (SSSR count). The lowest BCUT2D eigenvalue weighted by Gasteiger charge is -2.29. The molecule has 3 aromatic heterocycles. The fourth-order valence-electron chi connectivity index (χ4n) is 4.18. The zero-order chi connectivity index (χ0) is 23.0. The van der Waals surface area contributed by atoms with Crippen molar-refractivity contribution in [2.24, 2.45) is 13.0 Å². The first-order chi connectivity index (χ1) is 15.1. The number of carbonyl (C=O) groups is 1. The molecule has 0 aromatic carbocycles. The maximum atomic E-state index is 12.8. The molecule has 0 unspecified atom stereocenters. The highest BCUT2D eigenvalue weighted by Crippen LogP contribution is 2.35. The number of amides is 1. The second kappa shape index (κ2) is 8.76. The van der Waals surface area contributed by atoms with Crippen LogP contribution in [0.3, 0.4) is 0 Å². The minimum atomic E-state index is -3.14. The van der Waals surface area contributed by atoms with Gasteiger partial charge >= 0.3 is 0 Å². The Morgan fingerprint density at radius 1 is 1.28 bits per heavy atom. The number of hydrogen-bond donors (Lipinski definition) is 1. The molecule has 0 saturated carbocycles. The summed E-state index contributed by atoms with van der Waals surface area (Å²) in [6, 6.07) is 5.65. The van der Waals surface area contributed by atoms with Gasteiger partial charge in [0.15, 0.2) is 0 Å². The highest BCUT2D eigenvalue weighted by atomic mass is 32.2. The van der Waals surface area contributed by atoms with Crippen LogP contribution in [0.25, 0.3) is 21.2 Å². The molecule has 8 nitrogen and oxygen atoms in total. The van der Waals surface area contributed by atoms with Crippen LogP contribution in [0.15, 0.2) is 35.4 Å². The Morgan fingerprint density at radius 2 is 2.00 bits per heavy atom. The largest absolute Gasteiger partial charge is 0.317 e. The Hall–Kier alpha value is -2.56. The summed E-state index contributed by atoms with van der Waals surface area (Å²) in [7, 11) is -1.40. The van der Waals surface area contributed by atoms with Crippen LogP contribution in [0.4, 0.5) is 5.82 Å². The molecule has 0 atom stereocenters. The van der Waals surface area contributed by atoms with E-state index in [0.717, 1.165) is 40.0 Å². The first-order valence-electron chi connectivity index (χ1n) is 10.4. The van der Waals surface area contributed by atoms with E-state index in [4.69, 9.17) is 0 Å². The average molecular weight is 475 g/mol. The number of aryl methyl sites for hydroxylation is 1. The summed E-state index contributed by atoms with van der Waals surface area (Å²) >= 11 is 1.61. The Balaban J connectivity index is 1.65. The molecule has 1 aliphatic rings. The van der Waals surface area contributed by atoms with E-state index in [2.05, 4.69) is 10.3 Å². The summed E-state index contributed by atoms with van der Waals surface area (Å²) in [5.41, 5.74) is 1.74. The Bertz CT molecular complexity index is 1340. The van der Waals surface area contributed by atoms with Crippen molar-refractivity contribution in [3.63, 3.8) is 0 Å². The minimum absolute atomic E-state index is 0.0470. The summed E-state index contributed by atoms with van der Waals surface area (Å²) < 4.78 is 27.5. The third-order valence-corrected chi connectivity index (χ3v) is 8.30. The molecule has 32 heavy (non-hydrogen) atoms. The second-order valence-corrected chi connectivity index (χ2v) is 11.5. The number of fused-ring (bicyclic) bond motifs is 1. The molecule has 1 N–H and O–H groups in total. The second-order valence-electron chi connectivity index (χ2n) is 8.33. The monoisotopic (exact) mass is 474 g/mol. The van der Waals surface area contributed by atoms with E-state index >= 15 is 0 Å². The summed E-state index contributed by atoms with van der Waals surface area (Å²) in [5, 5.41) is 3.38. The smallest absolute Gasteiger partial charge is 0.259 e. The van der Waals surface area contributed by atoms with Crippen LogP contribution < -0.4 is 10.9 Å². The first kappa shape index (κ1) is 22.6. The molecule has 1 aliphatic heterocycles. The van der Waals surface area contributed by atoms with E-state index < -0.39 is 10.0 Å². The number of pyridine rings is 2. The molecule has 4 heterocycles. The van der Waals surface area contributed by atoms with Gasteiger partial charge in [0.25, 0.3) is 5.56 Å². The van der Waals surface area contributed by atoms with Crippen molar-refractivity contribution >= 4 is 43.2 Å². The van der Waals surface area contributed by atoms with Gasteiger partial charge in [-0.3, -0.25) is 9.59 Å². The van der Waals surface area contributed by atoms with Gasteiger partial charge < -0.3 is 9.88 Å². The summed E-state index contributed by atoms with van der Waals surface area (Å²) in [6.45, 7) is 2.53. The van der Waals surface area contributed by atoms with E-state index in [-0.39, 0.29) is 11.5 Å². The van der Waals surface area contributed by atoms with E-state index in [0.29, 0.717) is 30.2 Å². The SMILES string of the molecule is CC(=O)Nc1cc(-c2cn(C)c(=O)c3cc(CC4CCN(S(C)(=O)=O)CC4)sc23)ccn1. The zero-order valence-corrected chi connectivity index (χ0v) is 19.9. The van der Waals surface area contributed by atoms with Crippen molar-refractivity contribution in [3.05, 3.63) is 45.8 Å². The number of anilines is 1. The molecule has 0 spiro atoms. The van der Waals surface area contributed by atoms with Gasteiger partial charge in [-0.2, -0.15) is 0 Å². The average Bonchev–Trinajstić information content (AvgIpc) is 3.14. The summed E-state index contributed by atoms with van der Waals surface area (Å²) in [4.78, 5) is 29.5. The number of piperidine rings is 1. The van der Waals surface area contributed by atoms with Gasteiger partial charge in [-0.05, 0) is 48.9 Å². The first-order valence-corrected chi connectivity index (χ1v) is 13.1. The standard InChI is InChI=1S/C22H26N4O4S2/c1-14(27)24-20-11-16(4-7-23-20)19-13-25(2)22(28)18-12-17(31-21(18)19)10-15-5-8-26(9-6-15)32(3,29)30/h4,7,11-13,15H,5-6,8-10H2,1-3H3,(H,23,24,27). The molecule has 1 fully saturated rings. The van der Waals surface area contributed by atoms with Gasteiger partial charge in [0.05, 0.1) is 11.6 Å². The number of carbonyl (C=O) groups excluding carboxylic acids is 1. The van der Waals surface area contributed by atoms with Gasteiger partial charge in [0.1, 0.15) is 5.82 Å². The van der Waals surface area contributed by atoms with Crippen LogP contribution in [0.5, 0.6) is 0 Å². The molecular weight excluding hydrogens is 448 g/mol. The number of nitrogens with one attached hydrogen (secondary N) is 1. The quantitative estimate of drug-likeness (QED) is 0.613. The van der Waals surface area contributed by atoms with Crippen molar-refractivity contribution < 1.29 is 13.2 Å². The Labute approximate surface area is 190 Å². The maximum Gasteiger partial charge on any atom is 0.259 e. The highest BCUT2D eigenvalue weighted by molar-refractivity contribution is 7.88. The van der Waals surface area contributed by atoms with Gasteiger partial charge in [-0.25, -0.2) is 17.7 Å². The van der Waals surface area contributed by atoms with Crippen molar-refractivity contribution in [2.45, 2.75) is 26.2 Å². The van der Waals surface area contributed by atoms with E-state index in [1.807, 2.05) is 18.3 Å². The molecule has 0 bridgehead atoms. The lowest BCUT2D eigenvalue weighted by molar-refractivity contribution is -0.114. The molecule has 10 heteroatoms. The molecule has 3 aromatic rings. The van der Waals surface area contributed by atoms with Crippen molar-refractivity contribution in [1.82, 2.24) is 13.9 Å². The van der Waals surface area contributed by atoms with Gasteiger partial charge in [0.2, 0.25) is 15.9 Å². The van der Waals surface area contributed by atoms with Crippen LogP contribution >= 0.6 is 11.3 Å². The van der Waals surface area contributed by atoms with Crippen molar-refractivity contribution in [1.29, 1.82) is 0 Å². The van der Waals surface area contributed by atoms with Crippen molar-refractivity contribution in [3.8, 4) is 11.1 Å². The van der Waals surface area contributed by atoms with E-state index in [9.17, 15) is 18.0 Å². The lowest BCUT2D eigenvalue weighted by Crippen LogP contribution is -2.38. The third kappa shape index (κ3) is 4.77. The predicted octanol–water partition coefficient (Wildman–Crippen LogP) is 2.83. The molecule has 0 radical (unpaired) electrons. The molecule has 1 amide bonds. The third-order valence-electron chi connectivity index (χ3n) is 5.81. The number of nitrogens with zero attached hydrogens (tertiary/aromatic N) is 3. The topological polar surface area (TPSA) is 101 Å². The normalized spacial score (nSPS) is 15.8. The van der Waals surface area contributed by atoms with Gasteiger partial charge in [-0.15, -0.1) is 11.3 Å².